The third kappa shape index (κ3) is 6.31. The molecule has 2 amide bonds. The summed E-state index contributed by atoms with van der Waals surface area (Å²) in [5.74, 6) is 1.41. The van der Waals surface area contributed by atoms with Crippen LogP contribution in [0.1, 0.15) is 57.9 Å². The normalized spacial score (nSPS) is 20.1. The van der Waals surface area contributed by atoms with E-state index < -0.39 is 0 Å². The van der Waals surface area contributed by atoms with Gasteiger partial charge in [-0.3, -0.25) is 14.5 Å². The van der Waals surface area contributed by atoms with Gasteiger partial charge < -0.3 is 10.2 Å². The Morgan fingerprint density at radius 3 is 2.37 bits per heavy atom. The van der Waals surface area contributed by atoms with Crippen LogP contribution in [-0.2, 0) is 16.0 Å². The van der Waals surface area contributed by atoms with Gasteiger partial charge in [-0.2, -0.15) is 0 Å². The maximum Gasteiger partial charge on any atom is 0.237 e. The maximum atomic E-state index is 13.1. The molecule has 1 aliphatic heterocycles. The van der Waals surface area contributed by atoms with Crippen molar-refractivity contribution in [1.82, 2.24) is 15.1 Å². The molecule has 0 spiro atoms. The molecule has 0 unspecified atom stereocenters. The van der Waals surface area contributed by atoms with Gasteiger partial charge in [0.15, 0.2) is 0 Å². The lowest BCUT2D eigenvalue weighted by atomic mass is 9.94. The Balaban J connectivity index is 1.51. The molecule has 1 heterocycles. The monoisotopic (exact) mass is 413 g/mol. The molecule has 2 fully saturated rings. The quantitative estimate of drug-likeness (QED) is 0.674. The molecule has 5 nitrogen and oxygen atoms in total. The number of hydrogen-bond donors (Lipinski definition) is 1. The van der Waals surface area contributed by atoms with Gasteiger partial charge in [-0.15, -0.1) is 0 Å². The summed E-state index contributed by atoms with van der Waals surface area (Å²) < 4.78 is 0. The number of carbonyl (C=O) groups is 2. The zero-order valence-electron chi connectivity index (χ0n) is 18.8. The number of piperazine rings is 1. The van der Waals surface area contributed by atoms with Gasteiger partial charge in [-0.25, -0.2) is 0 Å². The third-order valence-electron chi connectivity index (χ3n) is 6.97. The maximum absolute atomic E-state index is 13.1. The van der Waals surface area contributed by atoms with Gasteiger partial charge in [-0.05, 0) is 36.7 Å². The second-order valence-electron chi connectivity index (χ2n) is 9.15. The Morgan fingerprint density at radius 2 is 1.73 bits per heavy atom. The van der Waals surface area contributed by atoms with Crippen LogP contribution in [0, 0.1) is 11.8 Å². The molecule has 3 rings (SSSR count). The minimum Gasteiger partial charge on any atom is -0.354 e. The van der Waals surface area contributed by atoms with E-state index in [1.807, 2.05) is 23.1 Å². The lowest BCUT2D eigenvalue weighted by Gasteiger charge is -2.41. The van der Waals surface area contributed by atoms with E-state index in [1.54, 1.807) is 0 Å². The molecule has 1 aromatic rings. The number of carbonyl (C=O) groups excluding carboxylic acids is 2. The molecule has 2 aliphatic rings. The largest absolute Gasteiger partial charge is 0.354 e. The van der Waals surface area contributed by atoms with Crippen molar-refractivity contribution in [1.29, 1.82) is 0 Å². The molecular weight excluding hydrogens is 374 g/mol. The van der Waals surface area contributed by atoms with Crippen molar-refractivity contribution < 1.29 is 9.59 Å². The Morgan fingerprint density at radius 1 is 1.07 bits per heavy atom. The van der Waals surface area contributed by atoms with Gasteiger partial charge in [0.2, 0.25) is 11.8 Å². The number of benzene rings is 1. The van der Waals surface area contributed by atoms with E-state index in [1.165, 1.54) is 18.4 Å². The highest BCUT2D eigenvalue weighted by atomic mass is 16.2. The summed E-state index contributed by atoms with van der Waals surface area (Å²) in [7, 11) is 0. The predicted octanol–water partition coefficient (Wildman–Crippen LogP) is 3.48. The molecule has 1 N–H and O–H groups in total. The average Bonchev–Trinajstić information content (AvgIpc) is 3.31. The zero-order chi connectivity index (χ0) is 21.3. The first-order valence-corrected chi connectivity index (χ1v) is 11.9. The molecule has 30 heavy (non-hydrogen) atoms. The van der Waals surface area contributed by atoms with Crippen molar-refractivity contribution in [2.24, 2.45) is 11.8 Å². The third-order valence-corrected chi connectivity index (χ3v) is 6.97. The van der Waals surface area contributed by atoms with Gasteiger partial charge in [0.25, 0.3) is 0 Å². The highest BCUT2D eigenvalue weighted by Gasteiger charge is 2.37. The molecule has 0 bridgehead atoms. The lowest BCUT2D eigenvalue weighted by molar-refractivity contribution is -0.135. The predicted molar refractivity (Wildman–Crippen MR) is 121 cm³/mol. The van der Waals surface area contributed by atoms with Crippen LogP contribution < -0.4 is 5.32 Å². The van der Waals surface area contributed by atoms with Crippen molar-refractivity contribution in [2.45, 2.75) is 64.8 Å². The van der Waals surface area contributed by atoms with Gasteiger partial charge in [0.05, 0.1) is 6.04 Å². The summed E-state index contributed by atoms with van der Waals surface area (Å²) in [5, 5.41) is 3.22. The average molecular weight is 414 g/mol. The Kier molecular flexibility index (Phi) is 8.74. The fourth-order valence-corrected chi connectivity index (χ4v) is 4.78. The van der Waals surface area contributed by atoms with Crippen LogP contribution in [0.15, 0.2) is 30.3 Å². The van der Waals surface area contributed by atoms with E-state index in [0.29, 0.717) is 18.3 Å². The fourth-order valence-electron chi connectivity index (χ4n) is 4.78. The van der Waals surface area contributed by atoms with Crippen LogP contribution in [0.2, 0.25) is 0 Å². The number of rotatable bonds is 9. The molecular formula is C25H39N3O2. The SMILES string of the molecule is CC[C@H](C)CNC(=O)[C@@H](C1CCCC1)N1CCN(C(=O)CCc2ccccc2)CC1. The van der Waals surface area contributed by atoms with Crippen LogP contribution in [0.4, 0.5) is 0 Å². The highest BCUT2D eigenvalue weighted by Crippen LogP contribution is 2.31. The van der Waals surface area contributed by atoms with Crippen molar-refractivity contribution >= 4 is 11.8 Å². The van der Waals surface area contributed by atoms with E-state index in [4.69, 9.17) is 0 Å². The Hall–Kier alpha value is -1.88. The second kappa shape index (κ2) is 11.5. The van der Waals surface area contributed by atoms with Crippen LogP contribution in [0.25, 0.3) is 0 Å². The zero-order valence-corrected chi connectivity index (χ0v) is 18.8. The summed E-state index contributed by atoms with van der Waals surface area (Å²) in [6, 6.07) is 10.2. The molecule has 2 atom stereocenters. The van der Waals surface area contributed by atoms with Crippen LogP contribution in [-0.4, -0.2) is 60.4 Å². The molecule has 166 valence electrons. The van der Waals surface area contributed by atoms with E-state index in [0.717, 1.165) is 58.4 Å². The van der Waals surface area contributed by atoms with E-state index in [-0.39, 0.29) is 17.9 Å². The van der Waals surface area contributed by atoms with Gasteiger partial charge in [0, 0.05) is 39.1 Å². The summed E-state index contributed by atoms with van der Waals surface area (Å²) in [6.45, 7) is 8.18. The smallest absolute Gasteiger partial charge is 0.237 e. The van der Waals surface area contributed by atoms with Crippen molar-refractivity contribution in [2.75, 3.05) is 32.7 Å². The molecule has 1 aliphatic carbocycles. The van der Waals surface area contributed by atoms with Crippen molar-refractivity contribution in [3.8, 4) is 0 Å². The van der Waals surface area contributed by atoms with Gasteiger partial charge >= 0.3 is 0 Å². The van der Waals surface area contributed by atoms with Crippen LogP contribution >= 0.6 is 0 Å². The van der Waals surface area contributed by atoms with Crippen molar-refractivity contribution in [3.05, 3.63) is 35.9 Å². The first kappa shape index (κ1) is 22.8. The fraction of sp³-hybridized carbons (Fsp3) is 0.680. The lowest BCUT2D eigenvalue weighted by Crippen LogP contribution is -2.58. The number of nitrogens with one attached hydrogen (secondary N) is 1. The van der Waals surface area contributed by atoms with E-state index in [2.05, 4.69) is 36.2 Å². The number of amides is 2. The standard InChI is InChI=1S/C25H39N3O2/c1-3-20(2)19-26-25(30)24(22-11-7-8-12-22)28-17-15-27(16-18-28)23(29)14-13-21-9-5-4-6-10-21/h4-6,9-10,20,22,24H,3,7-8,11-19H2,1-2H3,(H,26,30)/t20-,24+/m0/s1. The topological polar surface area (TPSA) is 52.7 Å². The highest BCUT2D eigenvalue weighted by molar-refractivity contribution is 5.82. The first-order valence-electron chi connectivity index (χ1n) is 11.9. The van der Waals surface area contributed by atoms with E-state index in [9.17, 15) is 9.59 Å². The minimum absolute atomic E-state index is 0.0295. The molecule has 1 aromatic carbocycles. The van der Waals surface area contributed by atoms with Crippen LogP contribution in [0.5, 0.6) is 0 Å². The molecule has 1 saturated carbocycles. The van der Waals surface area contributed by atoms with E-state index >= 15 is 0 Å². The van der Waals surface area contributed by atoms with Crippen LogP contribution in [0.3, 0.4) is 0 Å². The number of aryl methyl sites for hydroxylation is 1. The molecule has 5 heteroatoms. The Bertz CT molecular complexity index is 664. The van der Waals surface area contributed by atoms with Gasteiger partial charge in [-0.1, -0.05) is 63.4 Å². The minimum atomic E-state index is -0.0295. The molecule has 0 radical (unpaired) electrons. The summed E-state index contributed by atoms with van der Waals surface area (Å²) >= 11 is 0. The number of nitrogens with zero attached hydrogens (tertiary/aromatic N) is 2. The van der Waals surface area contributed by atoms with Crippen molar-refractivity contribution in [3.63, 3.8) is 0 Å². The Labute approximate surface area is 182 Å². The number of hydrogen-bond acceptors (Lipinski definition) is 3. The molecule has 0 aromatic heterocycles. The second-order valence-corrected chi connectivity index (χ2v) is 9.15. The summed E-state index contributed by atoms with van der Waals surface area (Å²) in [5.41, 5.74) is 1.21. The molecule has 1 saturated heterocycles. The summed E-state index contributed by atoms with van der Waals surface area (Å²) in [4.78, 5) is 30.1. The van der Waals surface area contributed by atoms with Gasteiger partial charge in [0.1, 0.15) is 0 Å². The summed E-state index contributed by atoms with van der Waals surface area (Å²) in [6.07, 6.45) is 7.21. The first-order chi connectivity index (χ1) is 14.6.